The van der Waals surface area contributed by atoms with Crippen molar-refractivity contribution in [3.8, 4) is 0 Å². The van der Waals surface area contributed by atoms with Crippen LogP contribution in [0.25, 0.3) is 0 Å². The molecule has 2 aliphatic heterocycles. The molecule has 2 fully saturated rings. The van der Waals surface area contributed by atoms with Crippen molar-refractivity contribution in [2.75, 3.05) is 26.2 Å². The molecule has 1 atom stereocenters. The number of piperidine rings is 2. The summed E-state index contributed by atoms with van der Waals surface area (Å²) in [4.78, 5) is 30.3. The highest BCUT2D eigenvalue weighted by Crippen LogP contribution is 2.31. The molecule has 0 aromatic heterocycles. The van der Waals surface area contributed by atoms with Gasteiger partial charge in [0.25, 0.3) is 5.91 Å². The SMILES string of the molecule is O=C(NC1CCCc2ccccc21)C1CCN(C2CCN(C(=O)c3ccc(Cl)cc3)CC2)CC1. The number of aryl methyl sites for hydroxylation is 1. The molecule has 2 aromatic carbocycles. The van der Waals surface area contributed by atoms with E-state index in [1.165, 1.54) is 11.1 Å². The van der Waals surface area contributed by atoms with E-state index in [1.807, 2.05) is 4.90 Å². The van der Waals surface area contributed by atoms with Crippen LogP contribution < -0.4 is 5.32 Å². The van der Waals surface area contributed by atoms with Crippen molar-refractivity contribution in [3.63, 3.8) is 0 Å². The number of likely N-dealkylation sites (tertiary alicyclic amines) is 2. The molecule has 5 rings (SSSR count). The number of carbonyl (C=O) groups excluding carboxylic acids is 2. The molecule has 2 saturated heterocycles. The average molecular weight is 480 g/mol. The fraction of sp³-hybridized carbons (Fsp3) is 0.500. The van der Waals surface area contributed by atoms with Crippen LogP contribution in [-0.4, -0.2) is 53.8 Å². The second-order valence-corrected chi connectivity index (χ2v) is 10.4. The number of hydrogen-bond acceptors (Lipinski definition) is 3. The van der Waals surface area contributed by atoms with Gasteiger partial charge in [0.15, 0.2) is 0 Å². The smallest absolute Gasteiger partial charge is 0.253 e. The molecule has 1 aliphatic carbocycles. The lowest BCUT2D eigenvalue weighted by atomic mass is 9.86. The topological polar surface area (TPSA) is 52.7 Å². The normalized spacial score (nSPS) is 22.3. The van der Waals surface area contributed by atoms with Crippen molar-refractivity contribution < 1.29 is 9.59 Å². The molecule has 6 heteroatoms. The van der Waals surface area contributed by atoms with E-state index in [-0.39, 0.29) is 23.8 Å². The summed E-state index contributed by atoms with van der Waals surface area (Å²) in [5.74, 6) is 0.427. The Labute approximate surface area is 207 Å². The van der Waals surface area contributed by atoms with Crippen molar-refractivity contribution in [2.24, 2.45) is 5.92 Å². The molecular weight excluding hydrogens is 446 g/mol. The molecule has 1 N–H and O–H groups in total. The molecule has 0 bridgehead atoms. The van der Waals surface area contributed by atoms with Gasteiger partial charge < -0.3 is 15.1 Å². The Bertz CT molecular complexity index is 1010. The zero-order chi connectivity index (χ0) is 23.5. The third kappa shape index (κ3) is 5.16. The predicted molar refractivity (Wildman–Crippen MR) is 135 cm³/mol. The molecule has 1 unspecified atom stereocenters. The number of nitrogens with one attached hydrogen (secondary N) is 1. The summed E-state index contributed by atoms with van der Waals surface area (Å²) in [6.45, 7) is 3.51. The van der Waals surface area contributed by atoms with Gasteiger partial charge in [0.05, 0.1) is 6.04 Å². The standard InChI is InChI=1S/C28H34ClN3O2/c29-23-10-8-22(9-11-23)28(34)32-18-14-24(15-19-32)31-16-12-21(13-17-31)27(33)30-26-7-3-5-20-4-1-2-6-25(20)26/h1-2,4,6,8-11,21,24,26H,3,5,7,12-19H2,(H,30,33). The fourth-order valence-electron chi connectivity index (χ4n) is 5.93. The zero-order valence-electron chi connectivity index (χ0n) is 19.7. The third-order valence-electron chi connectivity index (χ3n) is 7.95. The maximum absolute atomic E-state index is 13.1. The molecule has 2 amide bonds. The monoisotopic (exact) mass is 479 g/mol. The first kappa shape index (κ1) is 23.4. The second-order valence-electron chi connectivity index (χ2n) is 9.99. The van der Waals surface area contributed by atoms with Crippen LogP contribution in [0.3, 0.4) is 0 Å². The van der Waals surface area contributed by atoms with Gasteiger partial charge in [-0.2, -0.15) is 0 Å². The van der Waals surface area contributed by atoms with Crippen LogP contribution in [0.1, 0.15) is 66.1 Å². The van der Waals surface area contributed by atoms with E-state index in [4.69, 9.17) is 11.6 Å². The van der Waals surface area contributed by atoms with E-state index >= 15 is 0 Å². The maximum Gasteiger partial charge on any atom is 0.253 e. The number of hydrogen-bond donors (Lipinski definition) is 1. The third-order valence-corrected chi connectivity index (χ3v) is 8.20. The summed E-state index contributed by atoms with van der Waals surface area (Å²) in [5, 5.41) is 4.02. The number of fused-ring (bicyclic) bond motifs is 1. The van der Waals surface area contributed by atoms with Gasteiger partial charge >= 0.3 is 0 Å². The molecule has 0 radical (unpaired) electrons. The number of amides is 2. The Morgan fingerprint density at radius 2 is 1.56 bits per heavy atom. The van der Waals surface area contributed by atoms with Gasteiger partial charge in [0.1, 0.15) is 0 Å². The Hall–Kier alpha value is -2.37. The second kappa shape index (κ2) is 10.5. The van der Waals surface area contributed by atoms with Crippen LogP contribution in [0.5, 0.6) is 0 Å². The zero-order valence-corrected chi connectivity index (χ0v) is 20.5. The van der Waals surface area contributed by atoms with Crippen LogP contribution >= 0.6 is 11.6 Å². The lowest BCUT2D eigenvalue weighted by molar-refractivity contribution is -0.127. The highest BCUT2D eigenvalue weighted by molar-refractivity contribution is 6.30. The van der Waals surface area contributed by atoms with Crippen molar-refractivity contribution in [1.29, 1.82) is 0 Å². The first-order valence-electron chi connectivity index (χ1n) is 12.8. The average Bonchev–Trinajstić information content (AvgIpc) is 2.89. The van der Waals surface area contributed by atoms with Gasteiger partial charge in [-0.15, -0.1) is 0 Å². The van der Waals surface area contributed by atoms with E-state index in [0.29, 0.717) is 16.6 Å². The first-order chi connectivity index (χ1) is 16.6. The van der Waals surface area contributed by atoms with Crippen LogP contribution in [-0.2, 0) is 11.2 Å². The van der Waals surface area contributed by atoms with Gasteiger partial charge in [-0.05, 0) is 93.4 Å². The van der Waals surface area contributed by atoms with Crippen LogP contribution in [0.2, 0.25) is 5.02 Å². The van der Waals surface area contributed by atoms with Crippen molar-refractivity contribution in [3.05, 3.63) is 70.2 Å². The van der Waals surface area contributed by atoms with Gasteiger partial charge in [0, 0.05) is 35.6 Å². The Kier molecular flexibility index (Phi) is 7.21. The van der Waals surface area contributed by atoms with Gasteiger partial charge in [-0.25, -0.2) is 0 Å². The molecule has 34 heavy (non-hydrogen) atoms. The van der Waals surface area contributed by atoms with E-state index < -0.39 is 0 Å². The van der Waals surface area contributed by atoms with E-state index in [1.54, 1.807) is 24.3 Å². The largest absolute Gasteiger partial charge is 0.349 e. The summed E-state index contributed by atoms with van der Waals surface area (Å²) in [6.07, 6.45) is 7.12. The summed E-state index contributed by atoms with van der Waals surface area (Å²) in [7, 11) is 0. The lowest BCUT2D eigenvalue weighted by Crippen LogP contribution is -2.50. The number of halogens is 1. The maximum atomic E-state index is 13.1. The van der Waals surface area contributed by atoms with E-state index in [0.717, 1.165) is 71.1 Å². The Morgan fingerprint density at radius 1 is 0.853 bits per heavy atom. The Balaban J connectivity index is 1.08. The number of benzene rings is 2. The molecule has 3 aliphatic rings. The highest BCUT2D eigenvalue weighted by Gasteiger charge is 2.33. The molecule has 5 nitrogen and oxygen atoms in total. The minimum atomic E-state index is 0.0924. The number of rotatable bonds is 4. The van der Waals surface area contributed by atoms with Gasteiger partial charge in [0.2, 0.25) is 5.91 Å². The summed E-state index contributed by atoms with van der Waals surface area (Å²) >= 11 is 5.95. The van der Waals surface area contributed by atoms with Crippen molar-refractivity contribution >= 4 is 23.4 Å². The van der Waals surface area contributed by atoms with Crippen LogP contribution in [0.4, 0.5) is 0 Å². The fourth-order valence-corrected chi connectivity index (χ4v) is 6.06. The minimum absolute atomic E-state index is 0.0924. The minimum Gasteiger partial charge on any atom is -0.349 e. The molecule has 2 aromatic rings. The predicted octanol–water partition coefficient (Wildman–Crippen LogP) is 4.85. The lowest BCUT2D eigenvalue weighted by Gasteiger charge is -2.41. The number of nitrogens with zero attached hydrogens (tertiary/aromatic N) is 2. The summed E-state index contributed by atoms with van der Waals surface area (Å²) in [5.41, 5.74) is 3.39. The van der Waals surface area contributed by atoms with Crippen LogP contribution in [0.15, 0.2) is 48.5 Å². The quantitative estimate of drug-likeness (QED) is 0.682. The van der Waals surface area contributed by atoms with E-state index in [2.05, 4.69) is 34.5 Å². The van der Waals surface area contributed by atoms with Gasteiger partial charge in [-0.1, -0.05) is 35.9 Å². The van der Waals surface area contributed by atoms with Crippen LogP contribution in [0, 0.1) is 5.92 Å². The molecule has 180 valence electrons. The summed E-state index contributed by atoms with van der Waals surface area (Å²) < 4.78 is 0. The Morgan fingerprint density at radius 3 is 2.29 bits per heavy atom. The molecule has 2 heterocycles. The summed E-state index contributed by atoms with van der Waals surface area (Å²) in [6, 6.07) is 16.4. The number of carbonyl (C=O) groups is 2. The van der Waals surface area contributed by atoms with Gasteiger partial charge in [-0.3, -0.25) is 9.59 Å². The van der Waals surface area contributed by atoms with E-state index in [9.17, 15) is 9.59 Å². The van der Waals surface area contributed by atoms with Crippen molar-refractivity contribution in [2.45, 2.75) is 57.0 Å². The first-order valence-corrected chi connectivity index (χ1v) is 13.1. The highest BCUT2D eigenvalue weighted by atomic mass is 35.5. The van der Waals surface area contributed by atoms with Crippen molar-refractivity contribution in [1.82, 2.24) is 15.1 Å². The molecular formula is C28H34ClN3O2. The molecule has 0 spiro atoms. The molecule has 0 saturated carbocycles.